The van der Waals surface area contributed by atoms with E-state index in [0.717, 1.165) is 18.5 Å². The second-order valence-electron chi connectivity index (χ2n) is 4.27. The van der Waals surface area contributed by atoms with E-state index in [0.29, 0.717) is 11.4 Å². The maximum Gasteiger partial charge on any atom is 0.145 e. The van der Waals surface area contributed by atoms with Gasteiger partial charge in [-0.05, 0) is 37.1 Å². The van der Waals surface area contributed by atoms with Gasteiger partial charge in [0.05, 0.1) is 6.04 Å². The van der Waals surface area contributed by atoms with Crippen molar-refractivity contribution in [3.05, 3.63) is 47.3 Å². The summed E-state index contributed by atoms with van der Waals surface area (Å²) >= 11 is 0. The Bertz CT molecular complexity index is 496. The van der Waals surface area contributed by atoms with Crippen LogP contribution in [-0.2, 0) is 0 Å². The van der Waals surface area contributed by atoms with Gasteiger partial charge in [0.2, 0.25) is 0 Å². The summed E-state index contributed by atoms with van der Waals surface area (Å²) in [6, 6.07) is 5.09. The van der Waals surface area contributed by atoms with Gasteiger partial charge < -0.3 is 5.32 Å². The zero-order valence-corrected chi connectivity index (χ0v) is 10.6. The number of aromatic nitrogens is 3. The highest BCUT2D eigenvalue weighted by Gasteiger charge is 2.17. The Balaban J connectivity index is 2.30. The molecule has 4 nitrogen and oxygen atoms in total. The number of H-pyrrole nitrogens is 1. The van der Waals surface area contributed by atoms with Gasteiger partial charge in [0.1, 0.15) is 18.0 Å². The number of rotatable bonds is 5. The number of aryl methyl sites for hydroxylation is 1. The first-order valence-corrected chi connectivity index (χ1v) is 6.07. The molecule has 0 spiro atoms. The number of nitrogens with zero attached hydrogens (tertiary/aromatic N) is 2. The number of hydrogen-bond donors (Lipinski definition) is 2. The van der Waals surface area contributed by atoms with Gasteiger partial charge in [-0.1, -0.05) is 19.1 Å². The fourth-order valence-electron chi connectivity index (χ4n) is 1.80. The number of benzene rings is 1. The van der Waals surface area contributed by atoms with E-state index in [1.165, 1.54) is 6.33 Å². The zero-order chi connectivity index (χ0) is 13.0. The summed E-state index contributed by atoms with van der Waals surface area (Å²) in [5.41, 5.74) is 1.49. The fourth-order valence-corrected chi connectivity index (χ4v) is 1.80. The Kier molecular flexibility index (Phi) is 4.04. The van der Waals surface area contributed by atoms with E-state index in [-0.39, 0.29) is 11.9 Å². The van der Waals surface area contributed by atoms with Gasteiger partial charge in [0.15, 0.2) is 0 Å². The van der Waals surface area contributed by atoms with Crippen molar-refractivity contribution in [3.8, 4) is 0 Å². The van der Waals surface area contributed by atoms with Crippen molar-refractivity contribution < 1.29 is 4.39 Å². The lowest BCUT2D eigenvalue weighted by Gasteiger charge is -2.16. The Hall–Kier alpha value is -1.75. The molecular formula is C13H17FN4. The molecule has 0 aliphatic rings. The number of nitrogens with one attached hydrogen (secondary N) is 2. The van der Waals surface area contributed by atoms with Crippen molar-refractivity contribution in [2.75, 3.05) is 6.54 Å². The van der Waals surface area contributed by atoms with Gasteiger partial charge >= 0.3 is 0 Å². The predicted octanol–water partition coefficient (Wildman–Crippen LogP) is 2.34. The van der Waals surface area contributed by atoms with E-state index >= 15 is 0 Å². The quantitative estimate of drug-likeness (QED) is 0.854. The van der Waals surface area contributed by atoms with Crippen LogP contribution in [0.4, 0.5) is 4.39 Å². The van der Waals surface area contributed by atoms with Crippen LogP contribution < -0.4 is 5.32 Å². The minimum Gasteiger partial charge on any atom is -0.304 e. The standard InChI is InChI=1S/C13H17FN4/c1-3-6-15-12(13-16-8-17-18-13)10-5-4-9(2)11(14)7-10/h4-5,7-8,12,15H,3,6H2,1-2H3,(H,16,17,18). The van der Waals surface area contributed by atoms with Crippen molar-refractivity contribution in [1.82, 2.24) is 20.5 Å². The van der Waals surface area contributed by atoms with Crippen LogP contribution in [0.25, 0.3) is 0 Å². The van der Waals surface area contributed by atoms with Crippen molar-refractivity contribution >= 4 is 0 Å². The Morgan fingerprint density at radius 2 is 2.28 bits per heavy atom. The van der Waals surface area contributed by atoms with Crippen molar-refractivity contribution in [2.24, 2.45) is 0 Å². The number of halogens is 1. The first kappa shape index (κ1) is 12.7. The van der Waals surface area contributed by atoms with Gasteiger partial charge in [-0.3, -0.25) is 5.10 Å². The first-order chi connectivity index (χ1) is 8.72. The lowest BCUT2D eigenvalue weighted by atomic mass is 10.0. The summed E-state index contributed by atoms with van der Waals surface area (Å²) < 4.78 is 13.6. The minimum atomic E-state index is -0.199. The van der Waals surface area contributed by atoms with Crippen LogP contribution in [0.2, 0.25) is 0 Å². The molecule has 18 heavy (non-hydrogen) atoms. The molecule has 0 amide bonds. The Morgan fingerprint density at radius 3 is 2.89 bits per heavy atom. The van der Waals surface area contributed by atoms with Crippen LogP contribution in [-0.4, -0.2) is 21.7 Å². The molecule has 1 aromatic carbocycles. The van der Waals surface area contributed by atoms with Crippen LogP contribution in [0.15, 0.2) is 24.5 Å². The molecular weight excluding hydrogens is 231 g/mol. The third-order valence-corrected chi connectivity index (χ3v) is 2.83. The summed E-state index contributed by atoms with van der Waals surface area (Å²) in [5.74, 6) is 0.502. The lowest BCUT2D eigenvalue weighted by molar-refractivity contribution is 0.563. The minimum absolute atomic E-state index is 0.150. The molecule has 1 aromatic heterocycles. The summed E-state index contributed by atoms with van der Waals surface area (Å²) in [7, 11) is 0. The van der Waals surface area contributed by atoms with Gasteiger partial charge in [0, 0.05) is 0 Å². The molecule has 0 aliphatic carbocycles. The van der Waals surface area contributed by atoms with Crippen LogP contribution in [0, 0.1) is 12.7 Å². The van der Waals surface area contributed by atoms with E-state index in [2.05, 4.69) is 27.4 Å². The molecule has 0 saturated carbocycles. The third kappa shape index (κ3) is 2.73. The molecule has 1 unspecified atom stereocenters. The first-order valence-electron chi connectivity index (χ1n) is 6.07. The number of aromatic amines is 1. The molecule has 1 atom stereocenters. The summed E-state index contributed by atoms with van der Waals surface area (Å²) in [6.45, 7) is 4.67. The molecule has 0 fully saturated rings. The van der Waals surface area contributed by atoms with Gasteiger partial charge in [-0.2, -0.15) is 5.10 Å². The highest BCUT2D eigenvalue weighted by atomic mass is 19.1. The lowest BCUT2D eigenvalue weighted by Crippen LogP contribution is -2.24. The molecule has 1 heterocycles. The maximum atomic E-state index is 13.6. The van der Waals surface area contributed by atoms with Gasteiger partial charge in [0.25, 0.3) is 0 Å². The largest absolute Gasteiger partial charge is 0.304 e. The molecule has 5 heteroatoms. The smallest absolute Gasteiger partial charge is 0.145 e. The maximum absolute atomic E-state index is 13.6. The SMILES string of the molecule is CCCNC(c1ccc(C)c(F)c1)c1ncn[nH]1. The highest BCUT2D eigenvalue weighted by molar-refractivity contribution is 5.29. The summed E-state index contributed by atoms with van der Waals surface area (Å²) in [5, 5.41) is 10.0. The molecule has 0 saturated heterocycles. The van der Waals surface area contributed by atoms with Crippen molar-refractivity contribution in [3.63, 3.8) is 0 Å². The van der Waals surface area contributed by atoms with E-state index in [4.69, 9.17) is 0 Å². The molecule has 0 radical (unpaired) electrons. The molecule has 0 aliphatic heterocycles. The van der Waals surface area contributed by atoms with E-state index in [1.807, 2.05) is 6.07 Å². The molecule has 96 valence electrons. The van der Waals surface area contributed by atoms with Crippen LogP contribution in [0.5, 0.6) is 0 Å². The molecule has 2 aromatic rings. The third-order valence-electron chi connectivity index (χ3n) is 2.83. The Labute approximate surface area is 106 Å². The van der Waals surface area contributed by atoms with E-state index < -0.39 is 0 Å². The topological polar surface area (TPSA) is 53.6 Å². The van der Waals surface area contributed by atoms with Crippen molar-refractivity contribution in [1.29, 1.82) is 0 Å². The molecule has 0 bridgehead atoms. The van der Waals surface area contributed by atoms with Crippen LogP contribution >= 0.6 is 0 Å². The summed E-state index contributed by atoms with van der Waals surface area (Å²) in [4.78, 5) is 4.15. The normalized spacial score (nSPS) is 12.6. The fraction of sp³-hybridized carbons (Fsp3) is 0.385. The average Bonchev–Trinajstić information content (AvgIpc) is 2.88. The molecule has 2 N–H and O–H groups in total. The van der Waals surface area contributed by atoms with E-state index in [1.54, 1.807) is 19.1 Å². The van der Waals surface area contributed by atoms with Crippen molar-refractivity contribution in [2.45, 2.75) is 26.3 Å². The predicted molar refractivity (Wildman–Crippen MR) is 67.7 cm³/mol. The van der Waals surface area contributed by atoms with Gasteiger partial charge in [-0.25, -0.2) is 9.37 Å². The van der Waals surface area contributed by atoms with E-state index in [9.17, 15) is 4.39 Å². The van der Waals surface area contributed by atoms with Crippen LogP contribution in [0.3, 0.4) is 0 Å². The van der Waals surface area contributed by atoms with Gasteiger partial charge in [-0.15, -0.1) is 0 Å². The monoisotopic (exact) mass is 248 g/mol. The highest BCUT2D eigenvalue weighted by Crippen LogP contribution is 2.20. The Morgan fingerprint density at radius 1 is 1.44 bits per heavy atom. The molecule has 2 rings (SSSR count). The number of hydrogen-bond acceptors (Lipinski definition) is 3. The van der Waals surface area contributed by atoms with Crippen LogP contribution in [0.1, 0.15) is 36.3 Å². The second kappa shape index (κ2) is 5.73. The zero-order valence-electron chi connectivity index (χ0n) is 10.6. The summed E-state index contributed by atoms with van der Waals surface area (Å²) in [6.07, 6.45) is 2.46. The average molecular weight is 248 g/mol. The second-order valence-corrected chi connectivity index (χ2v) is 4.27.